The summed E-state index contributed by atoms with van der Waals surface area (Å²) in [6.45, 7) is 0.400. The van der Waals surface area contributed by atoms with Gasteiger partial charge in [0.2, 0.25) is 0 Å². The molecule has 1 N–H and O–H groups in total. The number of pyridine rings is 2. The Hall–Kier alpha value is -3.99. The maximum Gasteiger partial charge on any atom is 0.251 e. The smallest absolute Gasteiger partial charge is 0.251 e. The van der Waals surface area contributed by atoms with Gasteiger partial charge in [0.25, 0.3) is 5.91 Å². The summed E-state index contributed by atoms with van der Waals surface area (Å²) >= 11 is 0. The summed E-state index contributed by atoms with van der Waals surface area (Å²) in [6.07, 6.45) is 7.08. The van der Waals surface area contributed by atoms with Gasteiger partial charge >= 0.3 is 0 Å². The van der Waals surface area contributed by atoms with Crippen molar-refractivity contribution in [1.82, 2.24) is 15.3 Å². The predicted molar refractivity (Wildman–Crippen MR) is 117 cm³/mol. The average Bonchev–Trinajstić information content (AvgIpc) is 2.83. The van der Waals surface area contributed by atoms with Gasteiger partial charge in [-0.3, -0.25) is 14.8 Å². The Labute approximate surface area is 175 Å². The van der Waals surface area contributed by atoms with Gasteiger partial charge in [0.05, 0.1) is 7.11 Å². The first kappa shape index (κ1) is 19.3. The first-order valence-corrected chi connectivity index (χ1v) is 9.60. The van der Waals surface area contributed by atoms with Crippen molar-refractivity contribution in [2.45, 2.75) is 6.54 Å². The van der Waals surface area contributed by atoms with E-state index in [0.717, 1.165) is 33.6 Å². The highest BCUT2D eigenvalue weighted by atomic mass is 16.5. The molecule has 0 saturated heterocycles. The quantitative estimate of drug-likeness (QED) is 0.512. The van der Waals surface area contributed by atoms with Crippen LogP contribution in [0, 0.1) is 0 Å². The van der Waals surface area contributed by atoms with Crippen molar-refractivity contribution < 1.29 is 9.53 Å². The summed E-state index contributed by atoms with van der Waals surface area (Å²) in [5.74, 6) is 0.676. The Bertz CT molecular complexity index is 1140. The van der Waals surface area contributed by atoms with E-state index >= 15 is 0 Å². The van der Waals surface area contributed by atoms with Crippen molar-refractivity contribution >= 4 is 5.91 Å². The van der Waals surface area contributed by atoms with E-state index in [4.69, 9.17) is 4.74 Å². The normalized spacial score (nSPS) is 10.4. The van der Waals surface area contributed by atoms with Crippen LogP contribution in [0.3, 0.4) is 0 Å². The molecule has 2 aromatic carbocycles. The lowest BCUT2D eigenvalue weighted by molar-refractivity contribution is 0.0951. The number of hydrogen-bond acceptors (Lipinski definition) is 4. The summed E-state index contributed by atoms with van der Waals surface area (Å²) in [6, 6.07) is 21.2. The molecule has 148 valence electrons. The Balaban J connectivity index is 1.42. The fraction of sp³-hybridized carbons (Fsp3) is 0.0800. The largest absolute Gasteiger partial charge is 0.497 e. The minimum atomic E-state index is -0.126. The molecule has 0 saturated carbocycles. The Morgan fingerprint density at radius 3 is 2.40 bits per heavy atom. The molecule has 0 unspecified atom stereocenters. The van der Waals surface area contributed by atoms with Gasteiger partial charge < -0.3 is 10.1 Å². The van der Waals surface area contributed by atoms with E-state index in [9.17, 15) is 4.79 Å². The topological polar surface area (TPSA) is 64.1 Å². The first-order valence-electron chi connectivity index (χ1n) is 9.60. The average molecular weight is 395 g/mol. The highest BCUT2D eigenvalue weighted by Crippen LogP contribution is 2.24. The lowest BCUT2D eigenvalue weighted by Crippen LogP contribution is -2.22. The van der Waals surface area contributed by atoms with Gasteiger partial charge in [-0.05, 0) is 53.1 Å². The van der Waals surface area contributed by atoms with Crippen LogP contribution in [-0.4, -0.2) is 23.0 Å². The number of methoxy groups -OCH3 is 1. The van der Waals surface area contributed by atoms with E-state index in [1.165, 1.54) is 0 Å². The fourth-order valence-corrected chi connectivity index (χ4v) is 3.18. The third-order valence-corrected chi connectivity index (χ3v) is 4.79. The molecular formula is C25H21N3O2. The van der Waals surface area contributed by atoms with Crippen LogP contribution >= 0.6 is 0 Å². The van der Waals surface area contributed by atoms with Gasteiger partial charge in [-0.25, -0.2) is 0 Å². The maximum absolute atomic E-state index is 12.6. The third-order valence-electron chi connectivity index (χ3n) is 4.79. The minimum Gasteiger partial charge on any atom is -0.497 e. The van der Waals surface area contributed by atoms with E-state index in [-0.39, 0.29) is 5.91 Å². The van der Waals surface area contributed by atoms with E-state index in [2.05, 4.69) is 15.3 Å². The van der Waals surface area contributed by atoms with Crippen molar-refractivity contribution in [3.8, 4) is 28.0 Å². The molecule has 0 bridgehead atoms. The molecule has 5 heteroatoms. The molecule has 0 fully saturated rings. The lowest BCUT2D eigenvalue weighted by Gasteiger charge is -2.08. The number of rotatable bonds is 6. The molecule has 5 nitrogen and oxygen atoms in total. The zero-order valence-corrected chi connectivity index (χ0v) is 16.6. The van der Waals surface area contributed by atoms with Gasteiger partial charge in [0, 0.05) is 48.0 Å². The maximum atomic E-state index is 12.6. The molecule has 0 radical (unpaired) electrons. The summed E-state index contributed by atoms with van der Waals surface area (Å²) in [7, 11) is 1.65. The molecule has 0 aliphatic carbocycles. The summed E-state index contributed by atoms with van der Waals surface area (Å²) in [4.78, 5) is 21.0. The SMILES string of the molecule is COc1cccc(-c2ccc(C(=O)NCc3cncc(-c4cccnc4)c3)cc2)c1. The number of carbonyl (C=O) groups excluding carboxylic acids is 1. The van der Waals surface area contributed by atoms with Crippen LogP contribution < -0.4 is 10.1 Å². The second-order valence-corrected chi connectivity index (χ2v) is 6.82. The van der Waals surface area contributed by atoms with Crippen LogP contribution in [0.15, 0.2) is 91.5 Å². The summed E-state index contributed by atoms with van der Waals surface area (Å²) in [5, 5.41) is 2.96. The summed E-state index contributed by atoms with van der Waals surface area (Å²) in [5.41, 5.74) is 5.57. The number of nitrogens with one attached hydrogen (secondary N) is 1. The zero-order valence-electron chi connectivity index (χ0n) is 16.6. The molecule has 0 spiro atoms. The van der Waals surface area contributed by atoms with Crippen molar-refractivity contribution in [2.24, 2.45) is 0 Å². The van der Waals surface area contributed by atoms with Crippen molar-refractivity contribution in [3.05, 3.63) is 103 Å². The highest BCUT2D eigenvalue weighted by Gasteiger charge is 2.07. The minimum absolute atomic E-state index is 0.126. The van der Waals surface area contributed by atoms with Crippen LogP contribution in [0.5, 0.6) is 5.75 Å². The molecule has 0 aliphatic heterocycles. The number of aromatic nitrogens is 2. The Kier molecular flexibility index (Phi) is 5.80. The molecular weight excluding hydrogens is 374 g/mol. The van der Waals surface area contributed by atoms with Crippen molar-refractivity contribution in [3.63, 3.8) is 0 Å². The first-order chi connectivity index (χ1) is 14.7. The van der Waals surface area contributed by atoms with Crippen LogP contribution in [0.2, 0.25) is 0 Å². The molecule has 2 aromatic heterocycles. The molecule has 2 heterocycles. The Morgan fingerprint density at radius 2 is 1.63 bits per heavy atom. The molecule has 4 aromatic rings. The number of benzene rings is 2. The van der Waals surface area contributed by atoms with Gasteiger partial charge in [-0.1, -0.05) is 30.3 Å². The lowest BCUT2D eigenvalue weighted by atomic mass is 10.0. The van der Waals surface area contributed by atoms with Gasteiger partial charge in [0.15, 0.2) is 0 Å². The number of nitrogens with zero attached hydrogens (tertiary/aromatic N) is 2. The molecule has 0 atom stereocenters. The van der Waals surface area contributed by atoms with E-state index < -0.39 is 0 Å². The second kappa shape index (κ2) is 9.01. The van der Waals surface area contributed by atoms with E-state index in [1.54, 1.807) is 31.9 Å². The van der Waals surface area contributed by atoms with Crippen molar-refractivity contribution in [1.29, 1.82) is 0 Å². The number of ether oxygens (including phenoxy) is 1. The van der Waals surface area contributed by atoms with Crippen LogP contribution in [0.4, 0.5) is 0 Å². The standard InChI is InChI=1S/C25H21N3O2/c1-30-24-6-2-4-21(13-24)19-7-9-20(10-8-19)25(29)28-15-18-12-23(17-27-14-18)22-5-3-11-26-16-22/h2-14,16-17H,15H2,1H3,(H,28,29). The fourth-order valence-electron chi connectivity index (χ4n) is 3.18. The van der Waals surface area contributed by atoms with E-state index in [0.29, 0.717) is 12.1 Å². The van der Waals surface area contributed by atoms with Crippen molar-refractivity contribution in [2.75, 3.05) is 7.11 Å². The monoisotopic (exact) mass is 395 g/mol. The molecule has 30 heavy (non-hydrogen) atoms. The third kappa shape index (κ3) is 4.52. The predicted octanol–water partition coefficient (Wildman–Crippen LogP) is 4.75. The number of amides is 1. The second-order valence-electron chi connectivity index (χ2n) is 6.82. The highest BCUT2D eigenvalue weighted by molar-refractivity contribution is 5.94. The summed E-state index contributed by atoms with van der Waals surface area (Å²) < 4.78 is 5.28. The Morgan fingerprint density at radius 1 is 0.833 bits per heavy atom. The number of carbonyl (C=O) groups is 1. The van der Waals surface area contributed by atoms with Crippen LogP contribution in [-0.2, 0) is 6.54 Å². The van der Waals surface area contributed by atoms with Gasteiger partial charge in [0.1, 0.15) is 5.75 Å². The number of hydrogen-bond donors (Lipinski definition) is 1. The molecule has 0 aliphatic rings. The molecule has 4 rings (SSSR count). The van der Waals surface area contributed by atoms with Gasteiger partial charge in [-0.2, -0.15) is 0 Å². The van der Waals surface area contributed by atoms with Crippen LogP contribution in [0.1, 0.15) is 15.9 Å². The van der Waals surface area contributed by atoms with Gasteiger partial charge in [-0.15, -0.1) is 0 Å². The molecule has 1 amide bonds. The van der Waals surface area contributed by atoms with Crippen LogP contribution in [0.25, 0.3) is 22.3 Å². The van der Waals surface area contributed by atoms with E-state index in [1.807, 2.05) is 66.7 Å². The zero-order chi connectivity index (χ0) is 20.8.